The zero-order valence-corrected chi connectivity index (χ0v) is 9.96. The second-order valence-electron chi connectivity index (χ2n) is 3.95. The van der Waals surface area contributed by atoms with E-state index >= 15 is 0 Å². The third-order valence-electron chi connectivity index (χ3n) is 2.27. The summed E-state index contributed by atoms with van der Waals surface area (Å²) in [5.74, 6) is -1.43. The van der Waals surface area contributed by atoms with Crippen LogP contribution < -0.4 is 0 Å². The van der Waals surface area contributed by atoms with Crippen molar-refractivity contribution in [2.24, 2.45) is 0 Å². The molecule has 1 atom stereocenters. The van der Waals surface area contributed by atoms with E-state index < -0.39 is 28.4 Å². The number of rotatable bonds is 4. The van der Waals surface area contributed by atoms with Crippen LogP contribution in [-0.4, -0.2) is 40.5 Å². The van der Waals surface area contributed by atoms with Gasteiger partial charge in [-0.1, -0.05) is 0 Å². The first kappa shape index (κ1) is 14.0. The van der Waals surface area contributed by atoms with Crippen molar-refractivity contribution in [3.63, 3.8) is 0 Å². The Hall–Kier alpha value is -2.02. The molecule has 0 fully saturated rings. The number of amides is 1. The number of hydrogen-bond donors (Lipinski definition) is 1. The van der Waals surface area contributed by atoms with Crippen molar-refractivity contribution in [1.82, 2.24) is 4.90 Å². The van der Waals surface area contributed by atoms with E-state index in [-0.39, 0.29) is 12.1 Å². The molecular formula is C11H13FN2O4. The van der Waals surface area contributed by atoms with Crippen molar-refractivity contribution in [1.29, 1.82) is 0 Å². The van der Waals surface area contributed by atoms with E-state index in [0.717, 1.165) is 23.1 Å². The number of halogens is 1. The van der Waals surface area contributed by atoms with Crippen molar-refractivity contribution >= 4 is 11.6 Å². The Labute approximate surface area is 103 Å². The van der Waals surface area contributed by atoms with Crippen LogP contribution in [0.5, 0.6) is 0 Å². The first-order chi connectivity index (χ1) is 8.32. The van der Waals surface area contributed by atoms with Gasteiger partial charge in [-0.15, -0.1) is 0 Å². The molecule has 0 aromatic heterocycles. The van der Waals surface area contributed by atoms with Gasteiger partial charge in [-0.25, -0.2) is 4.39 Å². The van der Waals surface area contributed by atoms with E-state index in [1.807, 2.05) is 0 Å². The van der Waals surface area contributed by atoms with Crippen molar-refractivity contribution in [2.45, 2.75) is 13.0 Å². The molecule has 0 radical (unpaired) electrons. The first-order valence-electron chi connectivity index (χ1n) is 5.20. The van der Waals surface area contributed by atoms with Gasteiger partial charge in [0.05, 0.1) is 11.0 Å². The molecule has 1 aromatic carbocycles. The third kappa shape index (κ3) is 3.24. The SMILES string of the molecule is CC(O)CN(C)C(=O)c1cc(F)ccc1[N+](=O)[O-]. The van der Waals surface area contributed by atoms with Crippen LogP contribution >= 0.6 is 0 Å². The molecule has 1 unspecified atom stereocenters. The molecule has 0 heterocycles. The van der Waals surface area contributed by atoms with Gasteiger partial charge >= 0.3 is 0 Å². The second-order valence-corrected chi connectivity index (χ2v) is 3.95. The highest BCUT2D eigenvalue weighted by Gasteiger charge is 2.24. The number of aliphatic hydroxyl groups is 1. The average molecular weight is 256 g/mol. The number of benzene rings is 1. The van der Waals surface area contributed by atoms with E-state index in [0.29, 0.717) is 0 Å². The lowest BCUT2D eigenvalue weighted by Gasteiger charge is -2.18. The maximum absolute atomic E-state index is 13.1. The van der Waals surface area contributed by atoms with Gasteiger partial charge in [0.1, 0.15) is 11.4 Å². The average Bonchev–Trinajstić information content (AvgIpc) is 2.26. The lowest BCUT2D eigenvalue weighted by Crippen LogP contribution is -2.33. The summed E-state index contributed by atoms with van der Waals surface area (Å²) in [7, 11) is 1.38. The van der Waals surface area contributed by atoms with E-state index in [4.69, 9.17) is 5.11 Å². The summed E-state index contributed by atoms with van der Waals surface area (Å²) in [5, 5.41) is 19.9. The molecule has 7 heteroatoms. The molecule has 1 amide bonds. The molecule has 98 valence electrons. The molecule has 0 saturated carbocycles. The van der Waals surface area contributed by atoms with Gasteiger partial charge in [0, 0.05) is 19.7 Å². The van der Waals surface area contributed by atoms with E-state index in [9.17, 15) is 19.3 Å². The van der Waals surface area contributed by atoms with Crippen LogP contribution in [0.3, 0.4) is 0 Å². The summed E-state index contributed by atoms with van der Waals surface area (Å²) in [5.41, 5.74) is -0.790. The number of aliphatic hydroxyl groups excluding tert-OH is 1. The van der Waals surface area contributed by atoms with Gasteiger partial charge < -0.3 is 10.0 Å². The number of nitrogens with zero attached hydrogens (tertiary/aromatic N) is 2. The van der Waals surface area contributed by atoms with Crippen LogP contribution in [0.4, 0.5) is 10.1 Å². The summed E-state index contributed by atoms with van der Waals surface area (Å²) < 4.78 is 13.1. The Balaban J connectivity index is 3.11. The van der Waals surface area contributed by atoms with Crippen LogP contribution in [0.25, 0.3) is 0 Å². The number of nitro benzene ring substituents is 1. The Kier molecular flexibility index (Phi) is 4.33. The maximum atomic E-state index is 13.1. The summed E-state index contributed by atoms with van der Waals surface area (Å²) in [4.78, 5) is 23.0. The molecule has 1 aromatic rings. The molecule has 0 aliphatic rings. The van der Waals surface area contributed by atoms with Gasteiger partial charge in [-0.3, -0.25) is 14.9 Å². The lowest BCUT2D eigenvalue weighted by atomic mass is 10.1. The van der Waals surface area contributed by atoms with Crippen LogP contribution in [0, 0.1) is 15.9 Å². The number of carbonyl (C=O) groups is 1. The van der Waals surface area contributed by atoms with Crippen LogP contribution in [0.2, 0.25) is 0 Å². The monoisotopic (exact) mass is 256 g/mol. The van der Waals surface area contributed by atoms with Crippen molar-refractivity contribution in [3.05, 3.63) is 39.7 Å². The predicted octanol–water partition coefficient (Wildman–Crippen LogP) is 1.19. The summed E-state index contributed by atoms with van der Waals surface area (Å²) in [6, 6.07) is 2.68. The Morgan fingerprint density at radius 3 is 2.72 bits per heavy atom. The zero-order valence-electron chi connectivity index (χ0n) is 9.96. The highest BCUT2D eigenvalue weighted by Crippen LogP contribution is 2.21. The molecule has 0 saturated heterocycles. The molecular weight excluding hydrogens is 243 g/mol. The Morgan fingerprint density at radius 2 is 2.22 bits per heavy atom. The zero-order chi connectivity index (χ0) is 13.9. The first-order valence-corrected chi connectivity index (χ1v) is 5.20. The minimum Gasteiger partial charge on any atom is -0.392 e. The van der Waals surface area contributed by atoms with Gasteiger partial charge in [-0.2, -0.15) is 0 Å². The fourth-order valence-corrected chi connectivity index (χ4v) is 1.52. The molecule has 1 rings (SSSR count). The second kappa shape index (κ2) is 5.54. The predicted molar refractivity (Wildman–Crippen MR) is 61.7 cm³/mol. The van der Waals surface area contributed by atoms with Gasteiger partial charge in [0.25, 0.3) is 11.6 Å². The fourth-order valence-electron chi connectivity index (χ4n) is 1.52. The van der Waals surface area contributed by atoms with Crippen molar-refractivity contribution < 1.29 is 19.2 Å². The molecule has 6 nitrogen and oxygen atoms in total. The summed E-state index contributed by atoms with van der Waals surface area (Å²) in [6.45, 7) is 1.48. The summed E-state index contributed by atoms with van der Waals surface area (Å²) >= 11 is 0. The van der Waals surface area contributed by atoms with Gasteiger partial charge in [0.15, 0.2) is 0 Å². The minimum atomic E-state index is -0.772. The normalized spacial score (nSPS) is 12.0. The Bertz CT molecular complexity index is 476. The smallest absolute Gasteiger partial charge is 0.282 e. The lowest BCUT2D eigenvalue weighted by molar-refractivity contribution is -0.385. The molecule has 0 aliphatic heterocycles. The number of likely N-dealkylation sites (N-methyl/N-ethyl adjacent to an activating group) is 1. The molecule has 18 heavy (non-hydrogen) atoms. The van der Waals surface area contributed by atoms with Crippen LogP contribution in [-0.2, 0) is 0 Å². The Morgan fingerprint density at radius 1 is 1.61 bits per heavy atom. The highest BCUT2D eigenvalue weighted by molar-refractivity contribution is 5.98. The van der Waals surface area contributed by atoms with E-state index in [1.54, 1.807) is 0 Å². The van der Waals surface area contributed by atoms with Gasteiger partial charge in [0.2, 0.25) is 0 Å². The topological polar surface area (TPSA) is 83.7 Å². The summed E-state index contributed by atoms with van der Waals surface area (Å²) in [6.07, 6.45) is -0.772. The third-order valence-corrected chi connectivity index (χ3v) is 2.27. The number of carbonyl (C=O) groups excluding carboxylic acids is 1. The van der Waals surface area contributed by atoms with Crippen LogP contribution in [0.1, 0.15) is 17.3 Å². The largest absolute Gasteiger partial charge is 0.392 e. The quantitative estimate of drug-likeness (QED) is 0.647. The molecule has 1 N–H and O–H groups in total. The fraction of sp³-hybridized carbons (Fsp3) is 0.364. The standard InChI is InChI=1S/C11H13FN2O4/c1-7(15)6-13(2)11(16)9-5-8(12)3-4-10(9)14(17)18/h3-5,7,15H,6H2,1-2H3. The van der Waals surface area contributed by atoms with Crippen molar-refractivity contribution in [3.8, 4) is 0 Å². The van der Waals surface area contributed by atoms with Crippen LogP contribution in [0.15, 0.2) is 18.2 Å². The minimum absolute atomic E-state index is 0.00645. The molecule has 0 aliphatic carbocycles. The number of hydrogen-bond acceptors (Lipinski definition) is 4. The number of nitro groups is 1. The van der Waals surface area contributed by atoms with E-state index in [1.165, 1.54) is 14.0 Å². The van der Waals surface area contributed by atoms with E-state index in [2.05, 4.69) is 0 Å². The maximum Gasteiger partial charge on any atom is 0.282 e. The highest BCUT2D eigenvalue weighted by atomic mass is 19.1. The molecule has 0 bridgehead atoms. The van der Waals surface area contributed by atoms with Gasteiger partial charge in [-0.05, 0) is 19.1 Å². The van der Waals surface area contributed by atoms with Crippen molar-refractivity contribution in [2.75, 3.05) is 13.6 Å². The molecule has 0 spiro atoms.